The van der Waals surface area contributed by atoms with E-state index in [2.05, 4.69) is 5.32 Å². The lowest BCUT2D eigenvalue weighted by Crippen LogP contribution is -2.11. The van der Waals surface area contributed by atoms with Gasteiger partial charge in [-0.2, -0.15) is 0 Å². The number of rotatable bonds is 7. The van der Waals surface area contributed by atoms with Crippen molar-refractivity contribution in [2.45, 2.75) is 6.92 Å². The fourth-order valence-corrected chi connectivity index (χ4v) is 2.49. The highest BCUT2D eigenvalue weighted by Crippen LogP contribution is 2.31. The van der Waals surface area contributed by atoms with Gasteiger partial charge < -0.3 is 14.8 Å². The van der Waals surface area contributed by atoms with Crippen molar-refractivity contribution in [3.05, 3.63) is 68.7 Å². The molecule has 1 N–H and O–H groups in total. The molecule has 0 saturated carbocycles. The molecule has 1 amide bonds. The predicted octanol–water partition coefficient (Wildman–Crippen LogP) is 4.09. The average Bonchev–Trinajstić information content (AvgIpc) is 2.68. The lowest BCUT2D eigenvalue weighted by atomic mass is 10.1. The molecule has 0 heterocycles. The molecule has 0 bridgehead atoms. The van der Waals surface area contributed by atoms with Crippen LogP contribution in [0.3, 0.4) is 0 Å². The van der Waals surface area contributed by atoms with E-state index in [4.69, 9.17) is 21.1 Å². The van der Waals surface area contributed by atoms with Gasteiger partial charge in [-0.15, -0.1) is 0 Å². The predicted molar refractivity (Wildman–Crippen MR) is 105 cm³/mol. The average molecular weight is 405 g/mol. The molecular weight excluding hydrogens is 388 g/mol. The van der Waals surface area contributed by atoms with E-state index in [1.807, 2.05) is 0 Å². The molecule has 0 radical (unpaired) electrons. The number of methoxy groups -OCH3 is 1. The van der Waals surface area contributed by atoms with Crippen LogP contribution < -0.4 is 10.1 Å². The highest BCUT2D eigenvalue weighted by Gasteiger charge is 2.17. The summed E-state index contributed by atoms with van der Waals surface area (Å²) < 4.78 is 10.1. The quantitative estimate of drug-likeness (QED) is 0.322. The molecule has 0 fully saturated rings. The molecule has 2 aromatic carbocycles. The topological polar surface area (TPSA) is 108 Å². The van der Waals surface area contributed by atoms with Crippen LogP contribution in [0.4, 0.5) is 11.4 Å². The van der Waals surface area contributed by atoms with Crippen molar-refractivity contribution in [2.24, 2.45) is 0 Å². The fourth-order valence-electron chi connectivity index (χ4n) is 2.27. The first kappa shape index (κ1) is 20.9. The Labute approximate surface area is 165 Å². The third-order valence-electron chi connectivity index (χ3n) is 3.55. The number of benzene rings is 2. The Morgan fingerprint density at radius 3 is 2.68 bits per heavy atom. The van der Waals surface area contributed by atoms with Crippen LogP contribution in [0.25, 0.3) is 6.08 Å². The summed E-state index contributed by atoms with van der Waals surface area (Å²) in [5, 5.41) is 13.5. The monoisotopic (exact) mass is 404 g/mol. The zero-order valence-corrected chi connectivity index (χ0v) is 15.9. The number of amides is 1. The van der Waals surface area contributed by atoms with E-state index in [-0.39, 0.29) is 34.3 Å². The van der Waals surface area contributed by atoms with Crippen molar-refractivity contribution < 1.29 is 24.0 Å². The van der Waals surface area contributed by atoms with E-state index in [1.54, 1.807) is 13.0 Å². The van der Waals surface area contributed by atoms with Gasteiger partial charge >= 0.3 is 5.97 Å². The number of anilines is 1. The number of nitrogens with zero attached hydrogens (tertiary/aromatic N) is 1. The number of hydrogen-bond donors (Lipinski definition) is 1. The SMILES string of the molecule is CCOC(=O)c1cc(Cl)c(NC(=O)/C=C/c2cccc([N+](=O)[O-])c2)cc1OC. The van der Waals surface area contributed by atoms with E-state index in [0.717, 1.165) is 0 Å². The minimum absolute atomic E-state index is 0.0788. The standard InChI is InChI=1S/C19H17ClN2O6/c1-3-28-19(24)14-10-15(20)16(11-17(14)27-2)21-18(23)8-7-12-5-4-6-13(9-12)22(25)26/h4-11H,3H2,1-2H3,(H,21,23)/b8-7+. The molecule has 0 saturated heterocycles. The van der Waals surface area contributed by atoms with Crippen molar-refractivity contribution in [2.75, 3.05) is 19.0 Å². The number of halogens is 1. The van der Waals surface area contributed by atoms with E-state index in [9.17, 15) is 19.7 Å². The minimum Gasteiger partial charge on any atom is -0.496 e. The number of nitro groups is 1. The molecule has 0 aliphatic heterocycles. The summed E-state index contributed by atoms with van der Waals surface area (Å²) >= 11 is 6.14. The Bertz CT molecular complexity index is 942. The molecule has 2 aromatic rings. The first-order valence-electron chi connectivity index (χ1n) is 8.14. The lowest BCUT2D eigenvalue weighted by Gasteiger charge is -2.12. The van der Waals surface area contributed by atoms with Crippen LogP contribution >= 0.6 is 11.6 Å². The lowest BCUT2D eigenvalue weighted by molar-refractivity contribution is -0.384. The second-order valence-corrected chi connectivity index (χ2v) is 5.83. The van der Waals surface area contributed by atoms with Gasteiger partial charge in [0.15, 0.2) is 0 Å². The van der Waals surface area contributed by atoms with Crippen molar-refractivity contribution in [1.82, 2.24) is 0 Å². The fraction of sp³-hybridized carbons (Fsp3) is 0.158. The number of non-ortho nitro benzene ring substituents is 1. The Morgan fingerprint density at radius 2 is 2.04 bits per heavy atom. The number of ether oxygens (including phenoxy) is 2. The van der Waals surface area contributed by atoms with Crippen LogP contribution in [-0.2, 0) is 9.53 Å². The molecular formula is C19H17ClN2O6. The summed E-state index contributed by atoms with van der Waals surface area (Å²) in [5.41, 5.74) is 0.787. The third kappa shape index (κ3) is 5.31. The summed E-state index contributed by atoms with van der Waals surface area (Å²) in [4.78, 5) is 34.4. The van der Waals surface area contributed by atoms with Crippen molar-refractivity contribution in [1.29, 1.82) is 0 Å². The van der Waals surface area contributed by atoms with E-state index >= 15 is 0 Å². The van der Waals surface area contributed by atoms with E-state index < -0.39 is 16.8 Å². The van der Waals surface area contributed by atoms with Gasteiger partial charge in [0.05, 0.1) is 29.4 Å². The maximum absolute atomic E-state index is 12.2. The van der Waals surface area contributed by atoms with Gasteiger partial charge in [0.1, 0.15) is 11.3 Å². The smallest absolute Gasteiger partial charge is 0.341 e. The van der Waals surface area contributed by atoms with E-state index in [0.29, 0.717) is 5.56 Å². The molecule has 0 aliphatic carbocycles. The summed E-state index contributed by atoms with van der Waals surface area (Å²) in [6.45, 7) is 1.87. The van der Waals surface area contributed by atoms with Crippen LogP contribution in [0.1, 0.15) is 22.8 Å². The number of nitrogens with one attached hydrogen (secondary N) is 1. The minimum atomic E-state index is -0.593. The van der Waals surface area contributed by atoms with Crippen LogP contribution in [0, 0.1) is 10.1 Å². The number of esters is 1. The summed E-state index contributed by atoms with van der Waals surface area (Å²) in [6, 6.07) is 8.60. The highest BCUT2D eigenvalue weighted by atomic mass is 35.5. The zero-order valence-electron chi connectivity index (χ0n) is 15.1. The number of carbonyl (C=O) groups is 2. The van der Waals surface area contributed by atoms with Crippen molar-refractivity contribution in [3.63, 3.8) is 0 Å². The van der Waals surface area contributed by atoms with Crippen molar-refractivity contribution >= 4 is 40.9 Å². The van der Waals surface area contributed by atoms with Gasteiger partial charge in [0, 0.05) is 24.3 Å². The number of hydrogen-bond acceptors (Lipinski definition) is 6. The second-order valence-electron chi connectivity index (χ2n) is 5.43. The van der Waals surface area contributed by atoms with E-state index in [1.165, 1.54) is 49.6 Å². The summed E-state index contributed by atoms with van der Waals surface area (Å²) in [5.74, 6) is -0.912. The Morgan fingerprint density at radius 1 is 1.29 bits per heavy atom. The van der Waals surface area contributed by atoms with Gasteiger partial charge in [0.25, 0.3) is 5.69 Å². The molecule has 0 aliphatic rings. The first-order chi connectivity index (χ1) is 13.3. The Balaban J connectivity index is 2.18. The van der Waals surface area contributed by atoms with Crippen LogP contribution in [0.2, 0.25) is 5.02 Å². The summed E-state index contributed by atoms with van der Waals surface area (Å²) in [6.07, 6.45) is 2.64. The molecule has 0 spiro atoms. The molecule has 8 nitrogen and oxygen atoms in total. The molecule has 2 rings (SSSR count). The Kier molecular flexibility index (Phi) is 7.11. The molecule has 0 unspecified atom stereocenters. The molecule has 28 heavy (non-hydrogen) atoms. The van der Waals surface area contributed by atoms with Crippen LogP contribution in [0.5, 0.6) is 5.75 Å². The summed E-state index contributed by atoms with van der Waals surface area (Å²) in [7, 11) is 1.37. The van der Waals surface area contributed by atoms with Gasteiger partial charge in [-0.25, -0.2) is 4.79 Å². The molecule has 9 heteroatoms. The molecule has 146 valence electrons. The number of nitro benzene ring substituents is 1. The van der Waals surface area contributed by atoms with Gasteiger partial charge in [-0.3, -0.25) is 14.9 Å². The Hall–Kier alpha value is -3.39. The molecule has 0 atom stereocenters. The largest absolute Gasteiger partial charge is 0.496 e. The van der Waals surface area contributed by atoms with Gasteiger partial charge in [-0.1, -0.05) is 23.7 Å². The maximum Gasteiger partial charge on any atom is 0.341 e. The maximum atomic E-state index is 12.2. The highest BCUT2D eigenvalue weighted by molar-refractivity contribution is 6.34. The normalized spacial score (nSPS) is 10.5. The zero-order chi connectivity index (χ0) is 20.7. The van der Waals surface area contributed by atoms with Crippen molar-refractivity contribution in [3.8, 4) is 5.75 Å². The number of carbonyl (C=O) groups excluding carboxylic acids is 2. The van der Waals surface area contributed by atoms with Gasteiger partial charge in [0.2, 0.25) is 5.91 Å². The van der Waals surface area contributed by atoms with Crippen LogP contribution in [0.15, 0.2) is 42.5 Å². The first-order valence-corrected chi connectivity index (χ1v) is 8.51. The third-order valence-corrected chi connectivity index (χ3v) is 3.86. The van der Waals surface area contributed by atoms with Gasteiger partial charge in [-0.05, 0) is 24.6 Å². The molecule has 0 aromatic heterocycles. The van der Waals surface area contributed by atoms with Crippen LogP contribution in [-0.4, -0.2) is 30.5 Å². The second kappa shape index (κ2) is 9.52.